The summed E-state index contributed by atoms with van der Waals surface area (Å²) in [6.45, 7) is 2.34. The minimum atomic E-state index is -0.811. The second-order valence-corrected chi connectivity index (χ2v) is 7.24. The third-order valence-corrected chi connectivity index (χ3v) is 5.64. The van der Waals surface area contributed by atoms with Crippen LogP contribution >= 0.6 is 0 Å². The third kappa shape index (κ3) is 3.16. The number of hydrogen-bond donors (Lipinski definition) is 0. The monoisotopic (exact) mass is 398 g/mol. The SMILES string of the molecule is COc1ccc(-c2cc3c(c(=O)o2)C=C2CCC[C@H](OC=O)[C@@]2(C)O3)cc1OC. The molecule has 1 aromatic carbocycles. The highest BCUT2D eigenvalue weighted by atomic mass is 16.6. The number of benzene rings is 1. The van der Waals surface area contributed by atoms with Crippen LogP contribution in [0.25, 0.3) is 17.4 Å². The predicted molar refractivity (Wildman–Crippen MR) is 105 cm³/mol. The van der Waals surface area contributed by atoms with Gasteiger partial charge >= 0.3 is 5.63 Å². The summed E-state index contributed by atoms with van der Waals surface area (Å²) in [5.74, 6) is 1.84. The van der Waals surface area contributed by atoms with Gasteiger partial charge in [0.25, 0.3) is 6.47 Å². The Morgan fingerprint density at radius 3 is 2.69 bits per heavy atom. The van der Waals surface area contributed by atoms with Gasteiger partial charge in [-0.05, 0) is 56.0 Å². The van der Waals surface area contributed by atoms with Crippen molar-refractivity contribution < 1.29 is 28.2 Å². The van der Waals surface area contributed by atoms with Crippen LogP contribution in [0.15, 0.2) is 39.1 Å². The molecule has 1 aliphatic heterocycles. The minimum absolute atomic E-state index is 0.346. The Balaban J connectivity index is 1.79. The van der Waals surface area contributed by atoms with Crippen LogP contribution < -0.4 is 19.8 Å². The quantitative estimate of drug-likeness (QED) is 0.712. The number of rotatable bonds is 5. The first-order valence-corrected chi connectivity index (χ1v) is 9.40. The van der Waals surface area contributed by atoms with Crippen molar-refractivity contribution in [1.82, 2.24) is 0 Å². The molecule has 1 aromatic heterocycles. The maximum absolute atomic E-state index is 12.7. The van der Waals surface area contributed by atoms with Gasteiger partial charge in [0.15, 0.2) is 17.1 Å². The second-order valence-electron chi connectivity index (χ2n) is 7.24. The first kappa shape index (κ1) is 19.1. The van der Waals surface area contributed by atoms with E-state index in [1.54, 1.807) is 31.4 Å². The van der Waals surface area contributed by atoms with Crippen molar-refractivity contribution in [1.29, 1.82) is 0 Å². The number of carbonyl (C=O) groups excluding carboxylic acids is 1. The fourth-order valence-electron chi connectivity index (χ4n) is 4.05. The molecule has 29 heavy (non-hydrogen) atoms. The van der Waals surface area contributed by atoms with E-state index in [-0.39, 0.29) is 0 Å². The lowest BCUT2D eigenvalue weighted by Crippen LogP contribution is -2.51. The second kappa shape index (κ2) is 7.31. The summed E-state index contributed by atoms with van der Waals surface area (Å²) in [7, 11) is 3.09. The lowest BCUT2D eigenvalue weighted by atomic mass is 9.77. The molecule has 0 N–H and O–H groups in total. The molecule has 152 valence electrons. The Morgan fingerprint density at radius 2 is 1.97 bits per heavy atom. The van der Waals surface area contributed by atoms with Crippen molar-refractivity contribution in [2.45, 2.75) is 37.9 Å². The lowest BCUT2D eigenvalue weighted by Gasteiger charge is -2.44. The summed E-state index contributed by atoms with van der Waals surface area (Å²) in [5.41, 5.74) is 0.646. The Kier molecular flexibility index (Phi) is 4.82. The molecule has 1 aliphatic carbocycles. The first-order chi connectivity index (χ1) is 14.0. The van der Waals surface area contributed by atoms with Gasteiger partial charge in [-0.1, -0.05) is 0 Å². The van der Waals surface area contributed by atoms with Crippen LogP contribution in [0, 0.1) is 0 Å². The molecule has 2 aliphatic rings. The molecule has 0 amide bonds. The number of carbonyl (C=O) groups is 1. The van der Waals surface area contributed by atoms with Gasteiger partial charge in [0.2, 0.25) is 0 Å². The average Bonchev–Trinajstić information content (AvgIpc) is 2.72. The van der Waals surface area contributed by atoms with Crippen molar-refractivity contribution in [2.75, 3.05) is 14.2 Å². The number of ether oxygens (including phenoxy) is 4. The van der Waals surface area contributed by atoms with Gasteiger partial charge in [-0.25, -0.2) is 4.79 Å². The Labute approximate surface area is 167 Å². The fourth-order valence-corrected chi connectivity index (χ4v) is 4.05. The van der Waals surface area contributed by atoms with Gasteiger partial charge in [0.1, 0.15) is 23.2 Å². The van der Waals surface area contributed by atoms with E-state index in [2.05, 4.69) is 0 Å². The summed E-state index contributed by atoms with van der Waals surface area (Å²) in [5, 5.41) is 0. The first-order valence-electron chi connectivity index (χ1n) is 9.40. The molecule has 0 spiro atoms. The standard InChI is InChI=1S/C22H22O7/c1-22-14(5-4-6-20(22)27-12-23)10-15-18(29-22)11-17(28-21(15)24)13-7-8-16(25-2)19(9-13)26-3/h7-12,20H,4-6H2,1-3H3/t20-,22-/m0/s1. The number of fused-ring (bicyclic) bond motifs is 2. The zero-order valence-electron chi connectivity index (χ0n) is 16.5. The molecule has 1 fully saturated rings. The van der Waals surface area contributed by atoms with Crippen LogP contribution in [0.4, 0.5) is 0 Å². The lowest BCUT2D eigenvalue weighted by molar-refractivity contribution is -0.145. The molecule has 0 unspecified atom stereocenters. The van der Waals surface area contributed by atoms with E-state index in [4.69, 9.17) is 23.4 Å². The molecule has 4 rings (SSSR count). The molecule has 0 saturated heterocycles. The van der Waals surface area contributed by atoms with Gasteiger partial charge in [0, 0.05) is 11.6 Å². The molecular formula is C22H22O7. The summed E-state index contributed by atoms with van der Waals surface area (Å²) < 4.78 is 27.7. The summed E-state index contributed by atoms with van der Waals surface area (Å²) in [4.78, 5) is 23.6. The fraction of sp³-hybridized carbons (Fsp3) is 0.364. The van der Waals surface area contributed by atoms with Crippen molar-refractivity contribution >= 4 is 12.5 Å². The van der Waals surface area contributed by atoms with Crippen molar-refractivity contribution in [2.24, 2.45) is 0 Å². The van der Waals surface area contributed by atoms with Crippen LogP contribution in [0.2, 0.25) is 0 Å². The minimum Gasteiger partial charge on any atom is -0.493 e. The van der Waals surface area contributed by atoms with Gasteiger partial charge < -0.3 is 23.4 Å². The zero-order chi connectivity index (χ0) is 20.6. The van der Waals surface area contributed by atoms with Crippen LogP contribution in [-0.4, -0.2) is 32.4 Å². The summed E-state index contributed by atoms with van der Waals surface area (Å²) in [6, 6.07) is 6.93. The van der Waals surface area contributed by atoms with E-state index in [9.17, 15) is 9.59 Å². The van der Waals surface area contributed by atoms with Gasteiger partial charge in [-0.15, -0.1) is 0 Å². The highest BCUT2D eigenvalue weighted by Crippen LogP contribution is 2.44. The predicted octanol–water partition coefficient (Wildman–Crippen LogP) is 3.58. The normalized spacial score (nSPS) is 22.4. The van der Waals surface area contributed by atoms with Crippen LogP contribution in [0.3, 0.4) is 0 Å². The van der Waals surface area contributed by atoms with Crippen molar-refractivity contribution in [3.8, 4) is 28.6 Å². The van der Waals surface area contributed by atoms with Crippen LogP contribution in [0.1, 0.15) is 31.7 Å². The summed E-state index contributed by atoms with van der Waals surface area (Å²) in [6.07, 6.45) is 3.72. The van der Waals surface area contributed by atoms with Gasteiger partial charge in [-0.3, -0.25) is 4.79 Å². The highest BCUT2D eigenvalue weighted by Gasteiger charge is 2.47. The van der Waals surface area contributed by atoms with E-state index >= 15 is 0 Å². The van der Waals surface area contributed by atoms with Crippen LogP contribution in [-0.2, 0) is 9.53 Å². The molecule has 0 radical (unpaired) electrons. The van der Waals surface area contributed by atoms with Gasteiger partial charge in [0.05, 0.1) is 14.2 Å². The zero-order valence-corrected chi connectivity index (χ0v) is 16.5. The Bertz CT molecular complexity index is 1040. The van der Waals surface area contributed by atoms with Crippen molar-refractivity contribution in [3.05, 3.63) is 45.8 Å². The number of hydrogen-bond acceptors (Lipinski definition) is 7. The van der Waals surface area contributed by atoms with Crippen LogP contribution in [0.5, 0.6) is 17.2 Å². The molecular weight excluding hydrogens is 376 g/mol. The molecule has 7 nitrogen and oxygen atoms in total. The van der Waals surface area contributed by atoms with Crippen molar-refractivity contribution in [3.63, 3.8) is 0 Å². The van der Waals surface area contributed by atoms with E-state index < -0.39 is 17.3 Å². The average molecular weight is 398 g/mol. The Morgan fingerprint density at radius 1 is 1.17 bits per heavy atom. The largest absolute Gasteiger partial charge is 0.493 e. The van der Waals surface area contributed by atoms with E-state index in [0.29, 0.717) is 47.0 Å². The van der Waals surface area contributed by atoms with E-state index in [1.807, 2.05) is 13.0 Å². The highest BCUT2D eigenvalue weighted by molar-refractivity contribution is 5.69. The smallest absolute Gasteiger partial charge is 0.347 e. The van der Waals surface area contributed by atoms with E-state index in [1.165, 1.54) is 7.11 Å². The number of methoxy groups -OCH3 is 2. The topological polar surface area (TPSA) is 84.2 Å². The molecule has 1 saturated carbocycles. The summed E-state index contributed by atoms with van der Waals surface area (Å²) >= 11 is 0. The molecule has 2 heterocycles. The molecule has 7 heteroatoms. The third-order valence-electron chi connectivity index (χ3n) is 5.64. The maximum Gasteiger partial charge on any atom is 0.347 e. The van der Waals surface area contributed by atoms with E-state index in [0.717, 1.165) is 18.4 Å². The molecule has 0 bridgehead atoms. The maximum atomic E-state index is 12.7. The molecule has 2 aromatic rings. The molecule has 2 atom stereocenters. The Hall–Kier alpha value is -3.22. The van der Waals surface area contributed by atoms with Gasteiger partial charge in [-0.2, -0.15) is 0 Å².